The number of benzene rings is 1. The van der Waals surface area contributed by atoms with Gasteiger partial charge in [0.05, 0.1) is 13.0 Å². The minimum Gasteiger partial charge on any atom is -0.354 e. The first-order chi connectivity index (χ1) is 16.4. The summed E-state index contributed by atoms with van der Waals surface area (Å²) in [6, 6.07) is 10.7. The Morgan fingerprint density at radius 1 is 1.06 bits per heavy atom. The van der Waals surface area contributed by atoms with E-state index >= 15 is 0 Å². The molecule has 180 valence electrons. The number of aromatic nitrogens is 1. The molecule has 0 spiro atoms. The van der Waals surface area contributed by atoms with Gasteiger partial charge in [-0.1, -0.05) is 12.1 Å². The number of pyridine rings is 1. The largest absolute Gasteiger partial charge is 0.354 e. The van der Waals surface area contributed by atoms with Crippen molar-refractivity contribution >= 4 is 29.2 Å². The Kier molecular flexibility index (Phi) is 7.42. The van der Waals surface area contributed by atoms with Crippen LogP contribution in [0, 0.1) is 13.8 Å². The Morgan fingerprint density at radius 2 is 1.85 bits per heavy atom. The standard InChI is InChI=1S/C25H32N6O3/c1-18-6-7-20(15-19(18)2)28-23(32)16-21-25(34)27-9-10-31(21)24(33)17-29-11-13-30(14-12-29)22-5-3-4-8-26-22/h3-8,15,21H,9-14,16-17H2,1-2H3,(H,27,34)(H,28,32). The second-order valence-corrected chi connectivity index (χ2v) is 8.90. The molecule has 2 aliphatic heterocycles. The number of aryl methyl sites for hydroxylation is 2. The number of nitrogens with one attached hydrogen (secondary N) is 2. The van der Waals surface area contributed by atoms with Gasteiger partial charge in [-0.2, -0.15) is 0 Å². The summed E-state index contributed by atoms with van der Waals surface area (Å²) in [5.41, 5.74) is 2.91. The number of amides is 3. The van der Waals surface area contributed by atoms with Crippen LogP contribution in [0.4, 0.5) is 11.5 Å². The summed E-state index contributed by atoms with van der Waals surface area (Å²) in [6.07, 6.45) is 1.71. The molecule has 1 atom stereocenters. The number of hydrogen-bond acceptors (Lipinski definition) is 6. The van der Waals surface area contributed by atoms with Crippen LogP contribution < -0.4 is 15.5 Å². The molecule has 2 aromatic rings. The van der Waals surface area contributed by atoms with Crippen LogP contribution in [0.5, 0.6) is 0 Å². The molecular formula is C25H32N6O3. The molecule has 0 saturated carbocycles. The van der Waals surface area contributed by atoms with Gasteiger partial charge in [-0.25, -0.2) is 4.98 Å². The number of hydrogen-bond donors (Lipinski definition) is 2. The SMILES string of the molecule is Cc1ccc(NC(=O)CC2C(=O)NCCN2C(=O)CN2CCN(c3ccccn3)CC2)cc1C. The molecule has 0 radical (unpaired) electrons. The summed E-state index contributed by atoms with van der Waals surface area (Å²) in [6.45, 7) is 8.07. The summed E-state index contributed by atoms with van der Waals surface area (Å²) in [4.78, 5) is 48.7. The monoisotopic (exact) mass is 464 g/mol. The van der Waals surface area contributed by atoms with Gasteiger partial charge in [-0.15, -0.1) is 0 Å². The van der Waals surface area contributed by atoms with Crippen molar-refractivity contribution in [3.63, 3.8) is 0 Å². The molecule has 1 aromatic carbocycles. The second kappa shape index (κ2) is 10.6. The Hall–Kier alpha value is -3.46. The fourth-order valence-electron chi connectivity index (χ4n) is 4.38. The van der Waals surface area contributed by atoms with Crippen molar-refractivity contribution in [1.29, 1.82) is 0 Å². The van der Waals surface area contributed by atoms with E-state index < -0.39 is 6.04 Å². The number of anilines is 2. The molecule has 4 rings (SSSR count). The van der Waals surface area contributed by atoms with Crippen LogP contribution in [0.15, 0.2) is 42.6 Å². The third-order valence-electron chi connectivity index (χ3n) is 6.52. The van der Waals surface area contributed by atoms with E-state index in [9.17, 15) is 14.4 Å². The Labute approximate surface area is 200 Å². The molecule has 2 saturated heterocycles. The average Bonchev–Trinajstić information content (AvgIpc) is 2.83. The smallest absolute Gasteiger partial charge is 0.243 e. The Bertz CT molecular complexity index is 1040. The first-order valence-corrected chi connectivity index (χ1v) is 11.7. The molecule has 3 amide bonds. The topological polar surface area (TPSA) is 97.9 Å². The molecule has 0 aliphatic carbocycles. The van der Waals surface area contributed by atoms with Crippen molar-refractivity contribution in [2.75, 3.05) is 56.0 Å². The molecule has 1 aromatic heterocycles. The lowest BCUT2D eigenvalue weighted by Crippen LogP contribution is -2.60. The van der Waals surface area contributed by atoms with Gasteiger partial charge >= 0.3 is 0 Å². The number of piperazine rings is 2. The van der Waals surface area contributed by atoms with Gasteiger partial charge in [-0.3, -0.25) is 19.3 Å². The lowest BCUT2D eigenvalue weighted by atomic mass is 10.1. The van der Waals surface area contributed by atoms with Crippen LogP contribution in [-0.4, -0.2) is 84.4 Å². The van der Waals surface area contributed by atoms with Gasteiger partial charge in [-0.05, 0) is 49.2 Å². The summed E-state index contributed by atoms with van der Waals surface area (Å²) in [5.74, 6) is 0.253. The molecular weight excluding hydrogens is 432 g/mol. The molecule has 3 heterocycles. The Balaban J connectivity index is 1.33. The van der Waals surface area contributed by atoms with Crippen LogP contribution in [-0.2, 0) is 14.4 Å². The van der Waals surface area contributed by atoms with Crippen molar-refractivity contribution in [2.24, 2.45) is 0 Å². The van der Waals surface area contributed by atoms with E-state index in [4.69, 9.17) is 0 Å². The predicted molar refractivity (Wildman–Crippen MR) is 131 cm³/mol. The lowest BCUT2D eigenvalue weighted by Gasteiger charge is -2.38. The highest BCUT2D eigenvalue weighted by Crippen LogP contribution is 2.17. The van der Waals surface area contributed by atoms with Crippen molar-refractivity contribution in [3.05, 3.63) is 53.7 Å². The summed E-state index contributed by atoms with van der Waals surface area (Å²) in [5, 5.41) is 5.65. The quantitative estimate of drug-likeness (QED) is 0.666. The van der Waals surface area contributed by atoms with Gasteiger partial charge < -0.3 is 20.4 Å². The highest BCUT2D eigenvalue weighted by Gasteiger charge is 2.35. The highest BCUT2D eigenvalue weighted by molar-refractivity contribution is 5.97. The molecule has 34 heavy (non-hydrogen) atoms. The molecule has 2 aliphatic rings. The van der Waals surface area contributed by atoms with Crippen molar-refractivity contribution in [1.82, 2.24) is 20.1 Å². The van der Waals surface area contributed by atoms with E-state index in [0.717, 1.165) is 43.1 Å². The predicted octanol–water partition coefficient (Wildman–Crippen LogP) is 1.18. The second-order valence-electron chi connectivity index (χ2n) is 8.90. The van der Waals surface area contributed by atoms with Gasteiger partial charge in [0.1, 0.15) is 11.9 Å². The van der Waals surface area contributed by atoms with E-state index in [0.29, 0.717) is 18.8 Å². The van der Waals surface area contributed by atoms with E-state index in [1.807, 2.05) is 50.2 Å². The summed E-state index contributed by atoms with van der Waals surface area (Å²) >= 11 is 0. The van der Waals surface area contributed by atoms with Crippen LogP contribution in [0.3, 0.4) is 0 Å². The summed E-state index contributed by atoms with van der Waals surface area (Å²) in [7, 11) is 0. The maximum atomic E-state index is 13.1. The highest BCUT2D eigenvalue weighted by atomic mass is 16.2. The zero-order valence-electron chi connectivity index (χ0n) is 19.8. The Morgan fingerprint density at radius 3 is 2.56 bits per heavy atom. The zero-order valence-corrected chi connectivity index (χ0v) is 19.8. The van der Waals surface area contributed by atoms with Crippen LogP contribution in [0.25, 0.3) is 0 Å². The summed E-state index contributed by atoms with van der Waals surface area (Å²) < 4.78 is 0. The fourth-order valence-corrected chi connectivity index (χ4v) is 4.38. The molecule has 2 fully saturated rings. The van der Waals surface area contributed by atoms with E-state index in [1.165, 1.54) is 0 Å². The minimum atomic E-state index is -0.803. The third kappa shape index (κ3) is 5.72. The molecule has 9 heteroatoms. The molecule has 0 bridgehead atoms. The van der Waals surface area contributed by atoms with E-state index in [2.05, 4.69) is 25.4 Å². The number of nitrogens with zero attached hydrogens (tertiary/aromatic N) is 4. The maximum Gasteiger partial charge on any atom is 0.243 e. The van der Waals surface area contributed by atoms with Crippen LogP contribution in [0.2, 0.25) is 0 Å². The maximum absolute atomic E-state index is 13.1. The zero-order chi connectivity index (χ0) is 24.1. The van der Waals surface area contributed by atoms with Gasteiger partial charge in [0, 0.05) is 51.2 Å². The van der Waals surface area contributed by atoms with Crippen LogP contribution in [0.1, 0.15) is 17.5 Å². The molecule has 9 nitrogen and oxygen atoms in total. The number of carbonyl (C=O) groups is 3. The van der Waals surface area contributed by atoms with Crippen molar-refractivity contribution in [2.45, 2.75) is 26.3 Å². The number of rotatable bonds is 6. The minimum absolute atomic E-state index is 0.0715. The van der Waals surface area contributed by atoms with Gasteiger partial charge in [0.2, 0.25) is 17.7 Å². The lowest BCUT2D eigenvalue weighted by molar-refractivity contribution is -0.145. The molecule has 1 unspecified atom stereocenters. The van der Waals surface area contributed by atoms with Crippen LogP contribution >= 0.6 is 0 Å². The van der Waals surface area contributed by atoms with E-state index in [-0.39, 0.29) is 30.7 Å². The van der Waals surface area contributed by atoms with Crippen molar-refractivity contribution < 1.29 is 14.4 Å². The fraction of sp³-hybridized carbons (Fsp3) is 0.440. The number of carbonyl (C=O) groups excluding carboxylic acids is 3. The first kappa shape index (κ1) is 23.7. The first-order valence-electron chi connectivity index (χ1n) is 11.7. The normalized spacial score (nSPS) is 19.0. The molecule has 2 N–H and O–H groups in total. The van der Waals surface area contributed by atoms with E-state index in [1.54, 1.807) is 11.1 Å². The average molecular weight is 465 g/mol. The van der Waals surface area contributed by atoms with Gasteiger partial charge in [0.15, 0.2) is 0 Å². The van der Waals surface area contributed by atoms with Gasteiger partial charge in [0.25, 0.3) is 0 Å². The van der Waals surface area contributed by atoms with Crippen molar-refractivity contribution in [3.8, 4) is 0 Å². The third-order valence-corrected chi connectivity index (χ3v) is 6.52.